The van der Waals surface area contributed by atoms with Gasteiger partial charge in [-0.05, 0) is 24.6 Å². The Morgan fingerprint density at radius 2 is 1.81 bits per heavy atom. The van der Waals surface area contributed by atoms with Crippen LogP contribution in [0.5, 0.6) is 0 Å². The van der Waals surface area contributed by atoms with Crippen LogP contribution in [0, 0.1) is 0 Å². The largest absolute Gasteiger partial charge is 0.456 e. The lowest BCUT2D eigenvalue weighted by atomic mass is 10.1. The number of aryl methyl sites for hydroxylation is 1. The molecule has 7 heteroatoms. The van der Waals surface area contributed by atoms with Crippen molar-refractivity contribution in [1.29, 1.82) is 0 Å². The monoisotopic (exact) mass is 368 g/mol. The number of benzene rings is 2. The average molecular weight is 368 g/mol. The molecular weight excluding hydrogens is 348 g/mol. The minimum absolute atomic E-state index is 0.0368. The Bertz CT molecular complexity index is 990. The highest BCUT2D eigenvalue weighted by atomic mass is 16.5. The van der Waals surface area contributed by atoms with Crippen LogP contribution in [-0.2, 0) is 20.9 Å². The number of hydrogen-bond donors (Lipinski definition) is 1. The van der Waals surface area contributed by atoms with Crippen LogP contribution in [0.25, 0.3) is 11.1 Å². The van der Waals surface area contributed by atoms with Gasteiger partial charge in [0.15, 0.2) is 12.2 Å². The molecule has 3 aromatic rings. The molecule has 3 rings (SSSR count). The maximum absolute atomic E-state index is 11.9. The molecular formula is C20H20N2O5. The fraction of sp³-hybridized carbons (Fsp3) is 0.250. The van der Waals surface area contributed by atoms with Gasteiger partial charge < -0.3 is 14.5 Å². The third kappa shape index (κ3) is 4.63. The standard InChI is InChI=1S/C20H20N2O5/c1-14(15-7-3-2-4-8-15)21-18(23)13-26-19(24)11-12-22-16-9-5-6-10-17(16)27-20(22)25/h2-10,14H,11-13H2,1H3,(H,21,23)/t14-/m1/s1. The molecule has 0 bridgehead atoms. The number of nitrogens with zero attached hydrogens (tertiary/aromatic N) is 1. The quantitative estimate of drug-likeness (QED) is 0.647. The molecule has 1 aromatic heterocycles. The molecule has 0 aliphatic heterocycles. The lowest BCUT2D eigenvalue weighted by Gasteiger charge is -2.14. The van der Waals surface area contributed by atoms with E-state index in [9.17, 15) is 14.4 Å². The van der Waals surface area contributed by atoms with Gasteiger partial charge in [0, 0.05) is 6.54 Å². The summed E-state index contributed by atoms with van der Waals surface area (Å²) >= 11 is 0. The van der Waals surface area contributed by atoms with Crippen LogP contribution in [0.4, 0.5) is 0 Å². The summed E-state index contributed by atoms with van der Waals surface area (Å²) < 4.78 is 11.5. The maximum atomic E-state index is 11.9. The van der Waals surface area contributed by atoms with Crippen LogP contribution < -0.4 is 11.1 Å². The van der Waals surface area contributed by atoms with E-state index in [4.69, 9.17) is 9.15 Å². The first-order valence-corrected chi connectivity index (χ1v) is 8.63. The van der Waals surface area contributed by atoms with Gasteiger partial charge in [0.2, 0.25) is 0 Å². The van der Waals surface area contributed by atoms with E-state index in [0.717, 1.165) is 5.56 Å². The number of fused-ring (bicyclic) bond motifs is 1. The van der Waals surface area contributed by atoms with Gasteiger partial charge in [-0.2, -0.15) is 0 Å². The van der Waals surface area contributed by atoms with Crippen molar-refractivity contribution < 1.29 is 18.7 Å². The number of esters is 1. The van der Waals surface area contributed by atoms with Crippen LogP contribution in [0.1, 0.15) is 24.9 Å². The first kappa shape index (κ1) is 18.4. The molecule has 1 N–H and O–H groups in total. The Morgan fingerprint density at radius 1 is 1.11 bits per heavy atom. The van der Waals surface area contributed by atoms with Gasteiger partial charge >= 0.3 is 11.7 Å². The van der Waals surface area contributed by atoms with E-state index in [2.05, 4.69) is 5.32 Å². The van der Waals surface area contributed by atoms with Gasteiger partial charge in [-0.25, -0.2) is 4.79 Å². The normalized spacial score (nSPS) is 11.9. The minimum Gasteiger partial charge on any atom is -0.456 e. The fourth-order valence-electron chi connectivity index (χ4n) is 2.76. The SMILES string of the molecule is C[C@@H](NC(=O)COC(=O)CCn1c(=O)oc2ccccc21)c1ccccc1. The number of aromatic nitrogens is 1. The molecule has 0 saturated heterocycles. The molecule has 0 aliphatic carbocycles. The van der Waals surface area contributed by atoms with E-state index >= 15 is 0 Å². The van der Waals surface area contributed by atoms with Gasteiger partial charge in [0.25, 0.3) is 5.91 Å². The maximum Gasteiger partial charge on any atom is 0.419 e. The van der Waals surface area contributed by atoms with Crippen molar-refractivity contribution in [2.75, 3.05) is 6.61 Å². The Hall–Kier alpha value is -3.35. The Balaban J connectivity index is 1.47. The van der Waals surface area contributed by atoms with Gasteiger partial charge in [0.05, 0.1) is 18.0 Å². The summed E-state index contributed by atoms with van der Waals surface area (Å²) in [5.74, 6) is -1.47. The predicted molar refractivity (Wildman–Crippen MR) is 99.0 cm³/mol. The van der Waals surface area contributed by atoms with Crippen LogP contribution in [-0.4, -0.2) is 23.1 Å². The number of carbonyl (C=O) groups excluding carboxylic acids is 2. The summed E-state index contributed by atoms with van der Waals surface area (Å²) in [6.45, 7) is 1.61. The summed E-state index contributed by atoms with van der Waals surface area (Å²) in [6.07, 6.45) is -0.0368. The zero-order chi connectivity index (χ0) is 19.2. The first-order chi connectivity index (χ1) is 13.0. The van der Waals surface area contributed by atoms with Crippen molar-refractivity contribution >= 4 is 23.0 Å². The minimum atomic E-state index is -0.560. The van der Waals surface area contributed by atoms with Gasteiger partial charge in [0.1, 0.15) is 0 Å². The van der Waals surface area contributed by atoms with Crippen LogP contribution >= 0.6 is 0 Å². The van der Waals surface area contributed by atoms with Gasteiger partial charge in [-0.15, -0.1) is 0 Å². The molecule has 0 unspecified atom stereocenters. The predicted octanol–water partition coefficient (Wildman–Crippen LogP) is 2.41. The second kappa shape index (κ2) is 8.35. The summed E-state index contributed by atoms with van der Waals surface area (Å²) in [5.41, 5.74) is 2.04. The van der Waals surface area contributed by atoms with Gasteiger partial charge in [-0.1, -0.05) is 42.5 Å². The van der Waals surface area contributed by atoms with E-state index in [0.29, 0.717) is 11.1 Å². The molecule has 1 heterocycles. The number of para-hydroxylation sites is 2. The lowest BCUT2D eigenvalue weighted by molar-refractivity contribution is -0.148. The molecule has 0 aliphatic rings. The highest BCUT2D eigenvalue weighted by molar-refractivity contribution is 5.81. The van der Waals surface area contributed by atoms with E-state index < -0.39 is 11.7 Å². The molecule has 0 spiro atoms. The Kier molecular flexibility index (Phi) is 5.71. The van der Waals surface area contributed by atoms with Crippen molar-refractivity contribution in [1.82, 2.24) is 9.88 Å². The van der Waals surface area contributed by atoms with E-state index in [-0.39, 0.29) is 31.5 Å². The second-order valence-corrected chi connectivity index (χ2v) is 6.10. The topological polar surface area (TPSA) is 90.5 Å². The van der Waals surface area contributed by atoms with Crippen molar-refractivity contribution in [3.05, 3.63) is 70.7 Å². The smallest absolute Gasteiger partial charge is 0.419 e. The zero-order valence-corrected chi connectivity index (χ0v) is 14.9. The van der Waals surface area contributed by atoms with Crippen molar-refractivity contribution in [2.45, 2.75) is 25.9 Å². The van der Waals surface area contributed by atoms with Crippen molar-refractivity contribution in [3.63, 3.8) is 0 Å². The number of hydrogen-bond acceptors (Lipinski definition) is 5. The number of nitrogens with one attached hydrogen (secondary N) is 1. The van der Waals surface area contributed by atoms with Crippen molar-refractivity contribution in [2.24, 2.45) is 0 Å². The molecule has 7 nitrogen and oxygen atoms in total. The van der Waals surface area contributed by atoms with E-state index in [1.165, 1.54) is 4.57 Å². The molecule has 0 saturated carbocycles. The number of amides is 1. The fourth-order valence-corrected chi connectivity index (χ4v) is 2.76. The van der Waals surface area contributed by atoms with Crippen LogP contribution in [0.3, 0.4) is 0 Å². The number of oxazole rings is 1. The lowest BCUT2D eigenvalue weighted by Crippen LogP contribution is -2.31. The average Bonchev–Trinajstić information content (AvgIpc) is 3.00. The Labute approximate surface area is 155 Å². The third-order valence-electron chi connectivity index (χ3n) is 4.15. The second-order valence-electron chi connectivity index (χ2n) is 6.10. The van der Waals surface area contributed by atoms with E-state index in [1.807, 2.05) is 37.3 Å². The van der Waals surface area contributed by atoms with Crippen molar-refractivity contribution in [3.8, 4) is 0 Å². The highest BCUT2D eigenvalue weighted by Gasteiger charge is 2.14. The third-order valence-corrected chi connectivity index (χ3v) is 4.15. The molecule has 1 amide bonds. The summed E-state index contributed by atoms with van der Waals surface area (Å²) in [5, 5.41) is 2.77. The van der Waals surface area contributed by atoms with Crippen LogP contribution in [0.15, 0.2) is 63.8 Å². The van der Waals surface area contributed by atoms with Gasteiger partial charge in [-0.3, -0.25) is 14.2 Å². The Morgan fingerprint density at radius 3 is 2.59 bits per heavy atom. The van der Waals surface area contributed by atoms with Crippen LogP contribution in [0.2, 0.25) is 0 Å². The highest BCUT2D eigenvalue weighted by Crippen LogP contribution is 2.12. The number of carbonyl (C=O) groups is 2. The first-order valence-electron chi connectivity index (χ1n) is 8.63. The summed E-state index contributed by atoms with van der Waals surface area (Å²) in [6, 6.07) is 16.3. The van der Waals surface area contributed by atoms with E-state index in [1.54, 1.807) is 24.3 Å². The number of ether oxygens (including phenoxy) is 1. The summed E-state index contributed by atoms with van der Waals surface area (Å²) in [7, 11) is 0. The zero-order valence-electron chi connectivity index (χ0n) is 14.9. The molecule has 1 atom stereocenters. The molecule has 2 aromatic carbocycles. The molecule has 27 heavy (non-hydrogen) atoms. The molecule has 0 fully saturated rings. The number of rotatable bonds is 7. The molecule has 0 radical (unpaired) electrons. The molecule has 140 valence electrons. The summed E-state index contributed by atoms with van der Waals surface area (Å²) in [4.78, 5) is 35.7.